The van der Waals surface area contributed by atoms with Gasteiger partial charge in [-0.05, 0) is 48.0 Å². The van der Waals surface area contributed by atoms with Crippen LogP contribution in [-0.4, -0.2) is 207 Å². The molecule has 780 valence electrons. The molecule has 0 saturated carbocycles. The lowest BCUT2D eigenvalue weighted by molar-refractivity contribution is -0.221. The summed E-state index contributed by atoms with van der Waals surface area (Å²) >= 11 is 37.3. The number of nitrogens with zero attached hydrogens (tertiary/aromatic N) is 12. The Morgan fingerprint density at radius 1 is 0.373 bits per heavy atom. The Labute approximate surface area is 834 Å². The number of hydrogen-bond donors (Lipinski definition) is 8. The van der Waals surface area contributed by atoms with E-state index in [0.717, 1.165) is 54.0 Å². The van der Waals surface area contributed by atoms with Gasteiger partial charge in [-0.1, -0.05) is 77.8 Å². The van der Waals surface area contributed by atoms with Crippen molar-refractivity contribution in [2.75, 3.05) is 56.8 Å². The van der Waals surface area contributed by atoms with Crippen LogP contribution in [0.25, 0.3) is 11.2 Å². The third-order valence-corrected chi connectivity index (χ3v) is 33.6. The molecular formula is C71H89N19O38P7S7-7. The molecule has 0 radical (unpaired) electrons. The van der Waals surface area contributed by atoms with Gasteiger partial charge in [-0.15, -0.1) is 0 Å². The molecule has 8 aromatic rings. The van der Waals surface area contributed by atoms with Crippen molar-refractivity contribution in [3.05, 3.63) is 188 Å². The van der Waals surface area contributed by atoms with Crippen molar-refractivity contribution in [1.82, 2.24) is 76.8 Å². The molecule has 15 heterocycles. The molecule has 7 aliphatic heterocycles. The van der Waals surface area contributed by atoms with Gasteiger partial charge in [-0.2, -0.15) is 9.97 Å². The molecule has 0 aromatic carbocycles. The van der Waals surface area contributed by atoms with Crippen LogP contribution in [0.5, 0.6) is 0 Å². The zero-order valence-corrected chi connectivity index (χ0v) is 86.8. The minimum Gasteiger partial charge on any atom is -0.780 e. The summed E-state index contributed by atoms with van der Waals surface area (Å²) in [6, 6.07) is 0. The standard InChI is InChI=1S/C71H96N19O38P7S7/c1-8-36-37(9-50(115-36)84-16-30(2)58(72)78-66(84)95)123-130(103,137)110-23-45-39(11-52(117-45)86-18-32(4)62(91)80-68(86)97)125-132(105,139)111-24-46-41(13-54(118-46)88-20-34(6)64(93)82-70(88)99)126-133(106,140)112-25-47-42(14-55(119-47)89-21-35(7)65(94)83-71(89)100)127-134(107,141)114-27-49-43(15-56(121-49)90-29-77-57-60(74)75-28-76-61(57)90)128-135(108,142)113-26-48-40(12-53(120-48)87-19-33(5)63(92)81-69(87)98)124-131(104,138)109-22-44-38(122-129(101,102)136)10-51(116-44)85-17-31(3)59(73)79-67(85)96/h16-21,28-29,36-56H,8-15,22-27H2,1-7H3,(H,103,137)(H,104,138)(H,105,139)(H,106,140)(H,107,141)(H,108,142)(H2,72,78,95)(H2,73,79,96)(H2,74,75,76)(H,80,91,97)(H,81,92,98)(H,82,93,99)(H,83,94,100)(H2,101,102,136)/p-7/t36-,37-,38-,39-,40-,41-,42-,43-,44-,45-,46-,47-,48-,49-,50-,51-,52-,53-,54-,55-,56-,130?,131?,132?,133?,134?,135?/m1/s1. The molecular weight excluding hydrogens is 2170 g/mol. The number of hydrogen-bond acceptors (Lipinski definition) is 52. The van der Waals surface area contributed by atoms with E-state index in [2.05, 4.69) is 56.7 Å². The summed E-state index contributed by atoms with van der Waals surface area (Å²) in [6.45, 7) is -29.3. The molecule has 7 aliphatic rings. The number of nitrogen functional groups attached to an aromatic ring is 3. The molecule has 7 fully saturated rings. The van der Waals surface area contributed by atoms with Crippen LogP contribution < -0.4 is 103 Å². The Morgan fingerprint density at radius 3 is 0.923 bits per heavy atom. The monoisotopic (exact) mass is 2260 g/mol. The normalized spacial score (nSPS) is 29.9. The lowest BCUT2D eigenvalue weighted by Gasteiger charge is -2.36. The number of nitrogens with two attached hydrogens (primary N) is 3. The van der Waals surface area contributed by atoms with E-state index in [-0.39, 0.29) is 76.6 Å². The average molecular weight is 2260 g/mol. The van der Waals surface area contributed by atoms with Crippen LogP contribution in [0, 0.1) is 41.5 Å². The molecule has 71 heteroatoms. The number of imidazole rings is 1. The van der Waals surface area contributed by atoms with Gasteiger partial charge in [0.2, 0.25) is 0 Å². The summed E-state index contributed by atoms with van der Waals surface area (Å²) in [6.07, 6.45) is -22.4. The number of ether oxygens (including phenoxy) is 7. The average Bonchev–Trinajstić information content (AvgIpc) is 1.59. The van der Waals surface area contributed by atoms with E-state index in [1.54, 1.807) is 20.8 Å². The molecule has 7 unspecified atom stereocenters. The van der Waals surface area contributed by atoms with Gasteiger partial charge in [-0.25, -0.2) is 43.7 Å². The number of anilines is 3. The Kier molecular flexibility index (Phi) is 34.2. The summed E-state index contributed by atoms with van der Waals surface area (Å²) in [4.78, 5) is 255. The van der Waals surface area contributed by atoms with Gasteiger partial charge >= 0.3 is 34.1 Å². The minimum absolute atomic E-state index is 0.00139. The first-order valence-corrected chi connectivity index (χ1v) is 60.5. The van der Waals surface area contributed by atoms with E-state index < -0.39 is 298 Å². The number of aromatic amines is 4. The van der Waals surface area contributed by atoms with E-state index in [0.29, 0.717) is 11.1 Å². The molecule has 142 heavy (non-hydrogen) atoms. The highest BCUT2D eigenvalue weighted by atomic mass is 32.7. The lowest BCUT2D eigenvalue weighted by atomic mass is 10.1. The summed E-state index contributed by atoms with van der Waals surface area (Å²) < 4.78 is 141. The Balaban J connectivity index is 0.635. The number of rotatable bonds is 40. The Hall–Kier alpha value is -6.17. The summed E-state index contributed by atoms with van der Waals surface area (Å²) in [5.41, 5.74) is 10.2. The number of fused-ring (bicyclic) bond motifs is 1. The van der Waals surface area contributed by atoms with Gasteiger partial charge in [0.15, 0.2) is 18.3 Å². The van der Waals surface area contributed by atoms with E-state index in [9.17, 15) is 86.8 Å². The fourth-order valence-corrected chi connectivity index (χ4v) is 26.0. The Bertz CT molecular complexity index is 7150. The molecule has 57 nitrogen and oxygen atoms in total. The predicted molar refractivity (Wildman–Crippen MR) is 502 cm³/mol. The zero-order chi connectivity index (χ0) is 103. The van der Waals surface area contributed by atoms with Crippen LogP contribution >= 0.6 is 47.1 Å². The van der Waals surface area contributed by atoms with Crippen molar-refractivity contribution >= 4 is 159 Å². The minimum atomic E-state index is -5.08. The summed E-state index contributed by atoms with van der Waals surface area (Å²) in [5, 5.41) is 0. The highest BCUT2D eigenvalue weighted by Gasteiger charge is 2.49. The lowest BCUT2D eigenvalue weighted by Crippen LogP contribution is -2.34. The van der Waals surface area contributed by atoms with Crippen molar-refractivity contribution in [1.29, 1.82) is 0 Å². The van der Waals surface area contributed by atoms with E-state index in [1.807, 2.05) is 0 Å². The third kappa shape index (κ3) is 26.6. The van der Waals surface area contributed by atoms with Crippen molar-refractivity contribution in [2.24, 2.45) is 0 Å². The highest BCUT2D eigenvalue weighted by molar-refractivity contribution is 8.32. The molecule has 15 rings (SSSR count). The molecule has 28 atom stereocenters. The van der Waals surface area contributed by atoms with Gasteiger partial charge in [0.05, 0.1) is 94.8 Å². The third-order valence-electron chi connectivity index (χ3n) is 23.4. The second kappa shape index (κ2) is 44.2. The van der Waals surface area contributed by atoms with Crippen LogP contribution in [0.2, 0.25) is 0 Å². The van der Waals surface area contributed by atoms with Crippen LogP contribution in [0.1, 0.15) is 135 Å². The fraction of sp³-hybridized carbons (Fsp3) is 0.592. The van der Waals surface area contributed by atoms with Gasteiger partial charge in [0, 0.05) is 116 Å². The first kappa shape index (κ1) is 110. The van der Waals surface area contributed by atoms with Crippen molar-refractivity contribution < 1.29 is 131 Å². The van der Waals surface area contributed by atoms with Crippen LogP contribution in [0.3, 0.4) is 0 Å². The topological polar surface area (TPSA) is 771 Å². The first-order valence-electron chi connectivity index (χ1n) is 42.6. The van der Waals surface area contributed by atoms with Gasteiger partial charge < -0.3 is 156 Å². The van der Waals surface area contributed by atoms with Gasteiger partial charge in [0.25, 0.3) is 22.2 Å². The maximum Gasteiger partial charge on any atom is 0.351 e. The largest absolute Gasteiger partial charge is 0.780 e. The fourth-order valence-electron chi connectivity index (χ4n) is 16.3. The van der Waals surface area contributed by atoms with Gasteiger partial charge in [-0.3, -0.25) is 75.6 Å². The number of aromatic nitrogens is 16. The van der Waals surface area contributed by atoms with Crippen LogP contribution in [0.4, 0.5) is 17.5 Å². The van der Waals surface area contributed by atoms with E-state index in [1.165, 1.54) is 55.6 Å². The SMILES string of the molecule is CC[C@H]1O[C@@H](n2cc(C)c(N)nc2=O)C[C@H]1OP([O-])(=S)OC[C@H]1O[C@@H](n2cc(C)c(=O)[nH]c2=O)C[C@H]1OP(=O)([S-])OC[C@H]1O[C@@H](n2cc(C)c(=O)[nH]c2=O)C[C@H]1OP([O-])(=S)OC[C@H]1O[C@@H](n2cc(C)c(=O)[nH]c2=O)C[C@H]1OP([O-])(=S)OC[C@H]1O[C@@H](n2cnc3c(N)ncnc32)C[C@H]1OP([O-])(=S)OC[C@H]1O[C@@H](n2cc(C)c(=O)[nH]c2=O)C[C@H]1OP([O-])(=S)OC[C@H]1O[C@@H](n2cc(C)c(N)nc2=O)C[C@H]1OP([O-])(O)=S. The number of nitrogens with one attached hydrogen (secondary N) is 4. The molecule has 0 aliphatic carbocycles. The predicted octanol–water partition coefficient (Wildman–Crippen LogP) is -3.49. The van der Waals surface area contributed by atoms with Crippen molar-refractivity contribution in [3.8, 4) is 0 Å². The molecule has 0 spiro atoms. The second-order valence-electron chi connectivity index (χ2n) is 33.4. The first-order chi connectivity index (χ1) is 66.5. The molecule has 11 N–H and O–H groups in total. The summed E-state index contributed by atoms with van der Waals surface area (Å²) in [5.74, 6) is -0.164. The maximum absolute atomic E-state index is 14.9. The summed E-state index contributed by atoms with van der Waals surface area (Å²) in [7, 11) is 0. The molecule has 8 aromatic heterocycles. The molecule has 0 bridgehead atoms. The number of H-pyrrole nitrogens is 4. The van der Waals surface area contributed by atoms with E-state index in [4.69, 9.17) is 180 Å². The Morgan fingerprint density at radius 2 is 0.627 bits per heavy atom. The smallest absolute Gasteiger partial charge is 0.351 e. The number of aryl methyl sites for hydroxylation is 6. The maximum atomic E-state index is 14.9. The molecule has 7 saturated heterocycles. The highest BCUT2D eigenvalue weighted by Crippen LogP contribution is 2.57. The van der Waals surface area contributed by atoms with Crippen molar-refractivity contribution in [2.45, 2.75) is 229 Å². The zero-order valence-electron chi connectivity index (χ0n) is 74.8. The van der Waals surface area contributed by atoms with Crippen LogP contribution in [-0.2, 0) is 180 Å². The van der Waals surface area contributed by atoms with Gasteiger partial charge in [0.1, 0.15) is 144 Å². The van der Waals surface area contributed by atoms with E-state index >= 15 is 0 Å². The molecule has 0 amide bonds. The quantitative estimate of drug-likeness (QED) is 0.0137. The van der Waals surface area contributed by atoms with Crippen LogP contribution in [0.15, 0.2) is 97.8 Å². The van der Waals surface area contributed by atoms with Crippen molar-refractivity contribution in [3.63, 3.8) is 0 Å². The second-order valence-corrected chi connectivity index (χ2v) is 52.2.